The summed E-state index contributed by atoms with van der Waals surface area (Å²) in [6.07, 6.45) is 0.519. The van der Waals surface area contributed by atoms with E-state index < -0.39 is 0 Å². The minimum atomic E-state index is -0.364. The fourth-order valence-corrected chi connectivity index (χ4v) is 3.33. The smallest absolute Gasteiger partial charge is 0.228 e. The Morgan fingerprint density at radius 1 is 0.840 bits per heavy atom. The van der Waals surface area contributed by atoms with E-state index in [1.54, 1.807) is 18.2 Å². The molecule has 1 aliphatic rings. The van der Waals surface area contributed by atoms with Crippen LogP contribution < -0.4 is 10.6 Å². The van der Waals surface area contributed by atoms with Crippen molar-refractivity contribution < 1.29 is 9.59 Å². The normalized spacial score (nSPS) is 18.6. The van der Waals surface area contributed by atoms with Gasteiger partial charge in [-0.3, -0.25) is 9.59 Å². The van der Waals surface area contributed by atoms with Gasteiger partial charge in [0.05, 0.1) is 27.6 Å². The van der Waals surface area contributed by atoms with Crippen molar-refractivity contribution in [3.8, 4) is 0 Å². The zero-order chi connectivity index (χ0) is 18.1. The van der Waals surface area contributed by atoms with E-state index in [9.17, 15) is 9.59 Å². The molecule has 1 aliphatic carbocycles. The molecule has 2 amide bonds. The number of amides is 2. The van der Waals surface area contributed by atoms with Gasteiger partial charge in [-0.25, -0.2) is 0 Å². The van der Waals surface area contributed by atoms with Crippen LogP contribution in [0.4, 0.5) is 11.4 Å². The van der Waals surface area contributed by atoms with Crippen LogP contribution in [0.2, 0.25) is 10.0 Å². The molecule has 0 aromatic heterocycles. The molecule has 0 radical (unpaired) electrons. The Morgan fingerprint density at radius 2 is 1.28 bits per heavy atom. The third kappa shape index (κ3) is 3.80. The quantitative estimate of drug-likeness (QED) is 0.802. The largest absolute Gasteiger partial charge is 0.325 e. The summed E-state index contributed by atoms with van der Waals surface area (Å²) in [5.41, 5.74) is 3.19. The zero-order valence-electron chi connectivity index (χ0n) is 13.9. The second-order valence-electron chi connectivity index (χ2n) is 6.29. The van der Waals surface area contributed by atoms with Crippen LogP contribution in [0.15, 0.2) is 36.4 Å². The van der Waals surface area contributed by atoms with Crippen molar-refractivity contribution in [2.45, 2.75) is 20.3 Å². The zero-order valence-corrected chi connectivity index (χ0v) is 15.4. The number of nitrogens with one attached hydrogen (secondary N) is 2. The van der Waals surface area contributed by atoms with E-state index >= 15 is 0 Å². The van der Waals surface area contributed by atoms with Gasteiger partial charge in [0.25, 0.3) is 0 Å². The first-order chi connectivity index (χ1) is 11.9. The van der Waals surface area contributed by atoms with Crippen LogP contribution >= 0.6 is 23.2 Å². The number of benzene rings is 2. The molecule has 2 atom stereocenters. The van der Waals surface area contributed by atoms with E-state index in [0.717, 1.165) is 16.8 Å². The minimum absolute atomic E-state index is 0.136. The second-order valence-corrected chi connectivity index (χ2v) is 7.11. The predicted molar refractivity (Wildman–Crippen MR) is 101 cm³/mol. The van der Waals surface area contributed by atoms with Gasteiger partial charge in [-0.1, -0.05) is 47.5 Å². The monoisotopic (exact) mass is 376 g/mol. The molecule has 2 aromatic carbocycles. The maximum Gasteiger partial charge on any atom is 0.228 e. The number of hydrogen-bond donors (Lipinski definition) is 2. The maximum atomic E-state index is 12.4. The molecule has 4 nitrogen and oxygen atoms in total. The van der Waals surface area contributed by atoms with Crippen LogP contribution in [-0.4, -0.2) is 11.8 Å². The van der Waals surface area contributed by atoms with Crippen molar-refractivity contribution in [2.75, 3.05) is 10.6 Å². The van der Waals surface area contributed by atoms with E-state index in [0.29, 0.717) is 22.2 Å². The summed E-state index contributed by atoms with van der Waals surface area (Å²) in [5.74, 6) is -1.07. The first-order valence-electron chi connectivity index (χ1n) is 8.00. The van der Waals surface area contributed by atoms with Gasteiger partial charge in [-0.2, -0.15) is 0 Å². The molecule has 1 fully saturated rings. The van der Waals surface area contributed by atoms with Crippen LogP contribution in [0.1, 0.15) is 17.5 Å². The molecule has 1 saturated carbocycles. The topological polar surface area (TPSA) is 58.2 Å². The molecule has 3 rings (SSSR count). The molecule has 2 unspecified atom stereocenters. The number of anilines is 2. The van der Waals surface area contributed by atoms with Crippen LogP contribution in [0, 0.1) is 25.7 Å². The Balaban J connectivity index is 1.64. The Bertz CT molecular complexity index is 741. The Hall–Kier alpha value is -2.04. The van der Waals surface area contributed by atoms with Gasteiger partial charge >= 0.3 is 0 Å². The third-order valence-electron chi connectivity index (χ3n) is 4.40. The molecular weight excluding hydrogens is 359 g/mol. The van der Waals surface area contributed by atoms with Crippen molar-refractivity contribution in [2.24, 2.45) is 11.8 Å². The summed E-state index contributed by atoms with van der Waals surface area (Å²) in [5, 5.41) is 6.42. The first kappa shape index (κ1) is 17.8. The highest BCUT2D eigenvalue weighted by molar-refractivity contribution is 6.39. The summed E-state index contributed by atoms with van der Waals surface area (Å²) in [7, 11) is 0. The molecule has 2 N–H and O–H groups in total. The fourth-order valence-electron chi connectivity index (χ4n) is 2.84. The van der Waals surface area contributed by atoms with Crippen molar-refractivity contribution in [1.82, 2.24) is 0 Å². The van der Waals surface area contributed by atoms with Crippen LogP contribution in [0.5, 0.6) is 0 Å². The minimum Gasteiger partial charge on any atom is -0.325 e. The molecule has 0 heterocycles. The van der Waals surface area contributed by atoms with E-state index in [1.807, 2.05) is 32.0 Å². The third-order valence-corrected chi connectivity index (χ3v) is 5.03. The lowest BCUT2D eigenvalue weighted by Gasteiger charge is -2.12. The van der Waals surface area contributed by atoms with Gasteiger partial charge in [0.2, 0.25) is 11.8 Å². The predicted octanol–water partition coefficient (Wildman–Crippen LogP) is 4.82. The lowest BCUT2D eigenvalue weighted by atomic mass is 10.1. The number of carbonyl (C=O) groups is 2. The number of aryl methyl sites for hydroxylation is 2. The van der Waals surface area contributed by atoms with Gasteiger partial charge in [0, 0.05) is 5.69 Å². The number of rotatable bonds is 4. The van der Waals surface area contributed by atoms with Gasteiger partial charge in [-0.05, 0) is 43.5 Å². The number of halogens is 2. The standard InChI is InChI=1S/C19H18Cl2N2O2/c1-10-5-3-6-11(2)16(10)22-18(24)12-9-13(12)19(25)23-17-14(20)7-4-8-15(17)21/h3-8,12-13H,9H2,1-2H3,(H,22,24)(H,23,25). The molecule has 0 spiro atoms. The van der Waals surface area contributed by atoms with Gasteiger partial charge in [-0.15, -0.1) is 0 Å². The van der Waals surface area contributed by atoms with E-state index in [2.05, 4.69) is 10.6 Å². The SMILES string of the molecule is Cc1cccc(C)c1NC(=O)C1CC1C(=O)Nc1c(Cl)cccc1Cl. The average Bonchev–Trinajstić information content (AvgIpc) is 3.35. The fraction of sp³-hybridized carbons (Fsp3) is 0.263. The van der Waals surface area contributed by atoms with E-state index in [4.69, 9.17) is 23.2 Å². The molecular formula is C19H18Cl2N2O2. The lowest BCUT2D eigenvalue weighted by molar-refractivity contribution is -0.122. The molecule has 0 aliphatic heterocycles. The first-order valence-corrected chi connectivity index (χ1v) is 8.76. The molecule has 0 bridgehead atoms. The molecule has 2 aromatic rings. The highest BCUT2D eigenvalue weighted by Crippen LogP contribution is 2.41. The van der Waals surface area contributed by atoms with E-state index in [-0.39, 0.29) is 23.7 Å². The van der Waals surface area contributed by atoms with Crippen LogP contribution in [-0.2, 0) is 9.59 Å². The summed E-state index contributed by atoms with van der Waals surface area (Å²) in [6.45, 7) is 3.89. The highest BCUT2D eigenvalue weighted by Gasteiger charge is 2.48. The lowest BCUT2D eigenvalue weighted by Crippen LogP contribution is -2.21. The van der Waals surface area contributed by atoms with Crippen LogP contribution in [0.3, 0.4) is 0 Å². The summed E-state index contributed by atoms with van der Waals surface area (Å²) < 4.78 is 0. The summed E-state index contributed by atoms with van der Waals surface area (Å²) in [4.78, 5) is 24.8. The second kappa shape index (κ2) is 7.06. The van der Waals surface area contributed by atoms with Gasteiger partial charge in [0.1, 0.15) is 0 Å². The van der Waals surface area contributed by atoms with Crippen molar-refractivity contribution in [1.29, 1.82) is 0 Å². The van der Waals surface area contributed by atoms with E-state index in [1.165, 1.54) is 0 Å². The number of hydrogen-bond acceptors (Lipinski definition) is 2. The molecule has 6 heteroatoms. The highest BCUT2D eigenvalue weighted by atomic mass is 35.5. The summed E-state index contributed by atoms with van der Waals surface area (Å²) in [6, 6.07) is 10.8. The molecule has 0 saturated heterocycles. The van der Waals surface area contributed by atoms with Crippen molar-refractivity contribution in [3.63, 3.8) is 0 Å². The van der Waals surface area contributed by atoms with Crippen molar-refractivity contribution >= 4 is 46.4 Å². The van der Waals surface area contributed by atoms with Crippen molar-refractivity contribution in [3.05, 3.63) is 57.6 Å². The Kier molecular flexibility index (Phi) is 5.02. The number of carbonyl (C=O) groups excluding carboxylic acids is 2. The Morgan fingerprint density at radius 3 is 1.80 bits per heavy atom. The van der Waals surface area contributed by atoms with Crippen LogP contribution in [0.25, 0.3) is 0 Å². The maximum absolute atomic E-state index is 12.4. The molecule has 130 valence electrons. The molecule has 25 heavy (non-hydrogen) atoms. The Labute approximate surface area is 156 Å². The summed E-state index contributed by atoms with van der Waals surface area (Å²) >= 11 is 12.1. The number of para-hydroxylation sites is 2. The van der Waals surface area contributed by atoms with Gasteiger partial charge < -0.3 is 10.6 Å². The van der Waals surface area contributed by atoms with Gasteiger partial charge in [0.15, 0.2) is 0 Å². The average molecular weight is 377 g/mol.